The van der Waals surface area contributed by atoms with Gasteiger partial charge in [-0.1, -0.05) is 35.9 Å². The highest BCUT2D eigenvalue weighted by molar-refractivity contribution is 9.10. The van der Waals surface area contributed by atoms with Crippen LogP contribution < -0.4 is 35.0 Å². The minimum atomic E-state index is -0.783. The normalized spacial score (nSPS) is 14.3. The van der Waals surface area contributed by atoms with Crippen molar-refractivity contribution in [1.82, 2.24) is 16.1 Å². The number of hydrogen-bond donors (Lipinski definition) is 3. The van der Waals surface area contributed by atoms with E-state index in [-0.39, 0.29) is 36.9 Å². The van der Waals surface area contributed by atoms with Crippen molar-refractivity contribution in [2.75, 3.05) is 26.9 Å². The quantitative estimate of drug-likeness (QED) is 0.107. The number of nitrogens with one attached hydrogen (secondary N) is 3. The lowest BCUT2D eigenvalue weighted by Gasteiger charge is -2.28. The van der Waals surface area contributed by atoms with Gasteiger partial charge in [-0.2, -0.15) is 5.10 Å². The molecule has 12 nitrogen and oxygen atoms in total. The second kappa shape index (κ2) is 16.7. The fourth-order valence-electron chi connectivity index (χ4n) is 4.59. The highest BCUT2D eigenvalue weighted by atomic mass is 79.9. The van der Waals surface area contributed by atoms with Crippen molar-refractivity contribution >= 4 is 51.7 Å². The molecule has 3 amide bonds. The predicted molar refractivity (Wildman–Crippen MR) is 179 cm³/mol. The summed E-state index contributed by atoms with van der Waals surface area (Å²) < 4.78 is 28.8. The number of rotatable bonds is 14. The fourth-order valence-corrected chi connectivity index (χ4v) is 5.36. The molecule has 14 heteroatoms. The van der Waals surface area contributed by atoms with Crippen molar-refractivity contribution in [3.05, 3.63) is 92.1 Å². The van der Waals surface area contributed by atoms with Gasteiger partial charge in [0.05, 0.1) is 42.6 Å². The predicted octanol–water partition coefficient (Wildman–Crippen LogP) is 5.81. The van der Waals surface area contributed by atoms with Crippen LogP contribution in [0.1, 0.15) is 43.5 Å². The molecule has 0 aromatic heterocycles. The van der Waals surface area contributed by atoms with Crippen LogP contribution >= 0.6 is 27.5 Å². The van der Waals surface area contributed by atoms with Crippen molar-refractivity contribution in [2.45, 2.75) is 33.4 Å². The molecule has 1 heterocycles. The van der Waals surface area contributed by atoms with Crippen molar-refractivity contribution in [3.63, 3.8) is 0 Å². The Balaban J connectivity index is 1.39. The van der Waals surface area contributed by atoms with Gasteiger partial charge in [0, 0.05) is 16.3 Å². The number of benzene rings is 3. The number of nitrogens with zero attached hydrogens (tertiary/aromatic N) is 1. The van der Waals surface area contributed by atoms with Gasteiger partial charge in [0.15, 0.2) is 29.6 Å². The molecule has 0 saturated carbocycles. The Hall–Kier alpha value is -4.75. The van der Waals surface area contributed by atoms with Gasteiger partial charge in [-0.05, 0) is 78.2 Å². The largest absolute Gasteiger partial charge is 0.493 e. The van der Waals surface area contributed by atoms with Gasteiger partial charge in [-0.15, -0.1) is 0 Å². The van der Waals surface area contributed by atoms with E-state index < -0.39 is 23.9 Å². The van der Waals surface area contributed by atoms with Crippen LogP contribution in [0.3, 0.4) is 0 Å². The van der Waals surface area contributed by atoms with E-state index in [4.69, 9.17) is 35.3 Å². The lowest BCUT2D eigenvalue weighted by atomic mass is 9.95. The average molecular weight is 730 g/mol. The summed E-state index contributed by atoms with van der Waals surface area (Å²) in [5, 5.41) is 9.97. The molecule has 0 aliphatic carbocycles. The number of urea groups is 1. The molecule has 0 unspecified atom stereocenters. The van der Waals surface area contributed by atoms with Gasteiger partial charge in [0.1, 0.15) is 6.61 Å². The van der Waals surface area contributed by atoms with Crippen LogP contribution in [0.4, 0.5) is 4.79 Å². The highest BCUT2D eigenvalue weighted by Gasteiger charge is 2.32. The summed E-state index contributed by atoms with van der Waals surface area (Å²) in [6, 6.07) is 14.5. The topological polar surface area (TPSA) is 146 Å². The summed E-state index contributed by atoms with van der Waals surface area (Å²) in [5.74, 6) is 0.476. The Morgan fingerprint density at radius 2 is 1.81 bits per heavy atom. The second-order valence-electron chi connectivity index (χ2n) is 9.93. The number of hydrazone groups is 1. The lowest BCUT2D eigenvalue weighted by molar-refractivity contribution is -0.139. The maximum Gasteiger partial charge on any atom is 0.338 e. The number of amides is 3. The smallest absolute Gasteiger partial charge is 0.338 e. The number of esters is 1. The minimum absolute atomic E-state index is 0.177. The van der Waals surface area contributed by atoms with E-state index in [9.17, 15) is 14.4 Å². The number of hydrogen-bond acceptors (Lipinski definition) is 9. The molecular formula is C33H34BrClN4O8. The molecule has 0 saturated heterocycles. The summed E-state index contributed by atoms with van der Waals surface area (Å²) in [6.07, 6.45) is 1.46. The van der Waals surface area contributed by atoms with E-state index in [0.29, 0.717) is 44.4 Å². The van der Waals surface area contributed by atoms with E-state index in [1.54, 1.807) is 50.2 Å². The van der Waals surface area contributed by atoms with E-state index in [2.05, 4.69) is 37.1 Å². The third-order valence-electron chi connectivity index (χ3n) is 6.71. The molecule has 3 aromatic rings. The van der Waals surface area contributed by atoms with E-state index in [0.717, 1.165) is 5.56 Å². The maximum absolute atomic E-state index is 12.6. The number of methoxy groups -OCH3 is 1. The third-order valence-corrected chi connectivity index (χ3v) is 7.67. The van der Waals surface area contributed by atoms with Gasteiger partial charge in [-0.3, -0.25) is 4.79 Å². The minimum Gasteiger partial charge on any atom is -0.493 e. The molecule has 1 aliphatic heterocycles. The monoisotopic (exact) mass is 728 g/mol. The number of allylic oxidation sites excluding steroid dienone is 1. The van der Waals surface area contributed by atoms with Crippen LogP contribution in [0.2, 0.25) is 5.02 Å². The van der Waals surface area contributed by atoms with Gasteiger partial charge >= 0.3 is 12.0 Å². The first-order valence-corrected chi connectivity index (χ1v) is 15.7. The van der Waals surface area contributed by atoms with Crippen LogP contribution in [0.25, 0.3) is 0 Å². The Morgan fingerprint density at radius 3 is 2.53 bits per heavy atom. The van der Waals surface area contributed by atoms with Gasteiger partial charge in [0.25, 0.3) is 5.91 Å². The molecule has 3 aromatic carbocycles. The summed E-state index contributed by atoms with van der Waals surface area (Å²) in [6.45, 7) is 5.64. The third kappa shape index (κ3) is 9.17. The molecule has 0 bridgehead atoms. The zero-order valence-electron chi connectivity index (χ0n) is 26.1. The summed E-state index contributed by atoms with van der Waals surface area (Å²) in [4.78, 5) is 37.4. The average Bonchev–Trinajstić information content (AvgIpc) is 3.04. The zero-order chi connectivity index (χ0) is 33.9. The molecule has 47 heavy (non-hydrogen) atoms. The van der Waals surface area contributed by atoms with Gasteiger partial charge in [0.2, 0.25) is 0 Å². The molecule has 1 aliphatic rings. The molecule has 248 valence electrons. The summed E-state index contributed by atoms with van der Waals surface area (Å²) >= 11 is 9.79. The molecule has 0 spiro atoms. The number of ether oxygens (including phenoxy) is 5. The summed E-state index contributed by atoms with van der Waals surface area (Å²) in [7, 11) is 1.44. The van der Waals surface area contributed by atoms with E-state index >= 15 is 0 Å². The van der Waals surface area contributed by atoms with Crippen molar-refractivity contribution in [2.24, 2.45) is 5.10 Å². The van der Waals surface area contributed by atoms with Crippen LogP contribution in [0, 0.1) is 0 Å². The molecule has 0 radical (unpaired) electrons. The highest BCUT2D eigenvalue weighted by Crippen LogP contribution is 2.38. The number of carbonyl (C=O) groups is 3. The van der Waals surface area contributed by atoms with Crippen molar-refractivity contribution in [3.8, 4) is 23.0 Å². The first kappa shape index (κ1) is 35.1. The van der Waals surface area contributed by atoms with Crippen molar-refractivity contribution < 1.29 is 38.1 Å². The Morgan fingerprint density at radius 1 is 1.02 bits per heavy atom. The van der Waals surface area contributed by atoms with Crippen LogP contribution in [-0.2, 0) is 20.9 Å². The van der Waals surface area contributed by atoms with E-state index in [1.807, 2.05) is 25.1 Å². The van der Waals surface area contributed by atoms with Crippen LogP contribution in [-0.4, -0.2) is 51.1 Å². The summed E-state index contributed by atoms with van der Waals surface area (Å²) in [5.41, 5.74) is 5.10. The SMILES string of the molecule is CCOC(=O)C1=C(C)NC(=O)N[C@@H]1c1ccc(OCC(=O)N/N=C\c2cc(Br)c(OCc3ccccc3Cl)c(OCC)c2)c(OC)c1. The number of halogens is 2. The van der Waals surface area contributed by atoms with Crippen LogP contribution in [0.5, 0.6) is 23.0 Å². The molecule has 0 fully saturated rings. The first-order valence-electron chi connectivity index (χ1n) is 14.6. The van der Waals surface area contributed by atoms with E-state index in [1.165, 1.54) is 13.3 Å². The van der Waals surface area contributed by atoms with Crippen LogP contribution in [0.15, 0.2) is 75.4 Å². The molecule has 1 atom stereocenters. The maximum atomic E-state index is 12.6. The van der Waals surface area contributed by atoms with Gasteiger partial charge in [-0.25, -0.2) is 15.0 Å². The Bertz CT molecular complexity index is 1700. The zero-order valence-corrected chi connectivity index (χ0v) is 28.5. The molecular weight excluding hydrogens is 696 g/mol. The Kier molecular flexibility index (Phi) is 12.5. The molecule has 4 rings (SSSR count). The molecule has 3 N–H and O–H groups in total. The standard InChI is InChI=1S/C33H34BrClN4O8/c1-5-44-27-14-20(13-23(34)31(27)47-17-22-9-7-8-10-24(22)35)16-36-39-28(40)18-46-25-12-11-21(15-26(25)43-4)30-29(32(41)45-6-2)19(3)37-33(42)38-30/h7-16,30H,5-6,17-18H2,1-4H3,(H,39,40)(H2,37,38,42)/b36-16-/t30-/m1/s1. The number of carbonyl (C=O) groups excluding carboxylic acids is 3. The second-order valence-corrected chi connectivity index (χ2v) is 11.2. The fraction of sp³-hybridized carbons (Fsp3) is 0.273. The van der Waals surface area contributed by atoms with Gasteiger partial charge < -0.3 is 34.3 Å². The van der Waals surface area contributed by atoms with Crippen molar-refractivity contribution in [1.29, 1.82) is 0 Å². The lowest BCUT2D eigenvalue weighted by Crippen LogP contribution is -2.45. The first-order chi connectivity index (χ1) is 22.6. The Labute approximate surface area is 285 Å².